The zero-order chi connectivity index (χ0) is 20.1. The van der Waals surface area contributed by atoms with Crippen LogP contribution in [0.2, 0.25) is 0 Å². The Kier molecular flexibility index (Phi) is 7.23. The summed E-state index contributed by atoms with van der Waals surface area (Å²) in [4.78, 5) is 13.2. The summed E-state index contributed by atoms with van der Waals surface area (Å²) in [6, 6.07) is 3.37. The van der Waals surface area contributed by atoms with Crippen LogP contribution in [0.4, 0.5) is 14.5 Å². The molecule has 0 bridgehead atoms. The fourth-order valence-electron chi connectivity index (χ4n) is 2.67. The monoisotopic (exact) mass is 399 g/mol. The first-order valence-electron chi connectivity index (χ1n) is 8.38. The number of benzene rings is 1. The lowest BCUT2D eigenvalue weighted by Gasteiger charge is -2.12. The van der Waals surface area contributed by atoms with Gasteiger partial charge in [-0.1, -0.05) is 13.8 Å². The summed E-state index contributed by atoms with van der Waals surface area (Å²) in [5, 5.41) is 5.80. The summed E-state index contributed by atoms with van der Waals surface area (Å²) in [5.41, 5.74) is 0.984. The van der Waals surface area contributed by atoms with Crippen molar-refractivity contribution in [1.29, 1.82) is 0 Å². The largest absolute Gasteiger partial charge is 0.345 e. The highest BCUT2D eigenvalue weighted by Gasteiger charge is 2.24. The van der Waals surface area contributed by atoms with E-state index in [1.54, 1.807) is 17.8 Å². The number of rotatable bonds is 8. The zero-order valence-electron chi connectivity index (χ0n) is 15.6. The van der Waals surface area contributed by atoms with E-state index in [2.05, 4.69) is 10.6 Å². The van der Waals surface area contributed by atoms with E-state index in [9.17, 15) is 17.8 Å². The van der Waals surface area contributed by atoms with Crippen molar-refractivity contribution in [2.24, 2.45) is 7.05 Å². The Morgan fingerprint density at radius 2 is 2.00 bits per heavy atom. The quantitative estimate of drug-likeness (QED) is 0.716. The van der Waals surface area contributed by atoms with Crippen LogP contribution in [-0.4, -0.2) is 34.4 Å². The molecule has 0 spiro atoms. The topological polar surface area (TPSA) is 72.4 Å². The van der Waals surface area contributed by atoms with Crippen molar-refractivity contribution in [2.45, 2.75) is 31.2 Å². The molecule has 6 nitrogen and oxygen atoms in total. The van der Waals surface area contributed by atoms with Crippen LogP contribution in [0.3, 0.4) is 0 Å². The maximum absolute atomic E-state index is 13.4. The maximum Gasteiger partial charge on any atom is 0.272 e. The Balaban J connectivity index is 2.34. The van der Waals surface area contributed by atoms with Crippen molar-refractivity contribution in [3.8, 4) is 0 Å². The Bertz CT molecular complexity index is 853. The molecule has 0 fully saturated rings. The molecule has 27 heavy (non-hydrogen) atoms. The van der Waals surface area contributed by atoms with Gasteiger partial charge >= 0.3 is 0 Å². The average Bonchev–Trinajstić information content (AvgIpc) is 2.93. The third kappa shape index (κ3) is 5.21. The van der Waals surface area contributed by atoms with E-state index in [1.165, 1.54) is 13.2 Å². The van der Waals surface area contributed by atoms with Gasteiger partial charge in [-0.2, -0.15) is 0 Å². The van der Waals surface area contributed by atoms with Gasteiger partial charge in [0, 0.05) is 36.6 Å². The molecular weight excluding hydrogens is 376 g/mol. The summed E-state index contributed by atoms with van der Waals surface area (Å²) in [6.45, 7) is 4.56. The summed E-state index contributed by atoms with van der Waals surface area (Å²) < 4.78 is 45.1. The van der Waals surface area contributed by atoms with Crippen LogP contribution >= 0.6 is 0 Å². The number of hydrogen-bond acceptors (Lipinski definition) is 4. The molecular formula is C18H23F2N3O3S. The number of nitrogens with one attached hydrogen (secondary N) is 2. The predicted octanol–water partition coefficient (Wildman–Crippen LogP) is 2.77. The Labute approximate surface area is 159 Å². The lowest BCUT2D eigenvalue weighted by atomic mass is 10.1. The van der Waals surface area contributed by atoms with Crippen LogP contribution in [0, 0.1) is 11.6 Å². The zero-order valence-corrected chi connectivity index (χ0v) is 16.5. The fourth-order valence-corrected chi connectivity index (χ4v) is 3.49. The van der Waals surface area contributed by atoms with Gasteiger partial charge in [-0.25, -0.2) is 13.0 Å². The third-order valence-corrected chi connectivity index (χ3v) is 4.91. The minimum Gasteiger partial charge on any atom is -0.345 e. The standard InChI is InChI=1S/C18H23F2N3O3S/c1-11(2)21-8-7-13-16(27(25)26-4)10-23(3)17(13)18(24)22-12-5-6-14(19)15(20)9-12/h5-6,9-11,21H,7-8H2,1-4H3,(H,22,24). The maximum atomic E-state index is 13.4. The second-order valence-corrected chi connectivity index (χ2v) is 7.52. The molecule has 0 aliphatic carbocycles. The molecule has 1 atom stereocenters. The summed E-state index contributed by atoms with van der Waals surface area (Å²) in [6.07, 6.45) is 2.02. The molecule has 0 aliphatic rings. The van der Waals surface area contributed by atoms with Crippen LogP contribution in [0.15, 0.2) is 29.3 Å². The minimum atomic E-state index is -1.71. The Morgan fingerprint density at radius 3 is 2.59 bits per heavy atom. The van der Waals surface area contributed by atoms with E-state index in [-0.39, 0.29) is 17.4 Å². The van der Waals surface area contributed by atoms with Gasteiger partial charge in [0.1, 0.15) is 5.69 Å². The van der Waals surface area contributed by atoms with Crippen LogP contribution < -0.4 is 10.6 Å². The number of aromatic nitrogens is 1. The normalized spacial score (nSPS) is 12.4. The van der Waals surface area contributed by atoms with Crippen molar-refractivity contribution in [2.75, 3.05) is 19.0 Å². The number of carbonyl (C=O) groups excluding carboxylic acids is 1. The summed E-state index contributed by atoms with van der Waals surface area (Å²) in [5.74, 6) is -2.56. The molecule has 1 unspecified atom stereocenters. The number of halogens is 2. The van der Waals surface area contributed by atoms with Gasteiger partial charge in [0.05, 0.1) is 12.0 Å². The Hall–Kier alpha value is -2.10. The lowest BCUT2D eigenvalue weighted by Crippen LogP contribution is -2.26. The van der Waals surface area contributed by atoms with Crippen molar-refractivity contribution in [3.05, 3.63) is 47.3 Å². The number of aryl methyl sites for hydroxylation is 1. The molecule has 1 amide bonds. The minimum absolute atomic E-state index is 0.126. The summed E-state index contributed by atoms with van der Waals surface area (Å²) >= 11 is -1.71. The number of amides is 1. The second-order valence-electron chi connectivity index (χ2n) is 6.27. The SMILES string of the molecule is COS(=O)c1cn(C)c(C(=O)Nc2ccc(F)c(F)c2)c1CCNC(C)C. The van der Waals surface area contributed by atoms with Crippen molar-refractivity contribution >= 4 is 22.7 Å². The first-order chi connectivity index (χ1) is 12.7. The molecule has 2 aromatic rings. The first-order valence-corrected chi connectivity index (χ1v) is 9.46. The molecule has 2 N–H and O–H groups in total. The van der Waals surface area contributed by atoms with Gasteiger partial charge in [0.2, 0.25) is 0 Å². The van der Waals surface area contributed by atoms with Gasteiger partial charge in [-0.15, -0.1) is 0 Å². The highest BCUT2D eigenvalue weighted by atomic mass is 32.2. The first kappa shape index (κ1) is 21.2. The lowest BCUT2D eigenvalue weighted by molar-refractivity contribution is 0.101. The summed E-state index contributed by atoms with van der Waals surface area (Å²) in [7, 11) is 2.97. The number of hydrogen-bond donors (Lipinski definition) is 2. The van der Waals surface area contributed by atoms with Crippen LogP contribution in [-0.2, 0) is 28.7 Å². The van der Waals surface area contributed by atoms with Crippen molar-refractivity contribution < 1.29 is 22.0 Å². The molecule has 2 rings (SSSR count). The molecule has 0 radical (unpaired) electrons. The highest BCUT2D eigenvalue weighted by molar-refractivity contribution is 7.80. The highest BCUT2D eigenvalue weighted by Crippen LogP contribution is 2.23. The van der Waals surface area contributed by atoms with Crippen molar-refractivity contribution in [3.63, 3.8) is 0 Å². The number of anilines is 1. The average molecular weight is 399 g/mol. The van der Waals surface area contributed by atoms with E-state index in [0.717, 1.165) is 12.1 Å². The van der Waals surface area contributed by atoms with E-state index in [0.29, 0.717) is 23.4 Å². The van der Waals surface area contributed by atoms with Crippen LogP contribution in [0.5, 0.6) is 0 Å². The molecule has 1 aromatic carbocycles. The van der Waals surface area contributed by atoms with Gasteiger partial charge < -0.3 is 15.2 Å². The molecule has 0 saturated heterocycles. The molecule has 0 saturated carbocycles. The molecule has 0 aliphatic heterocycles. The van der Waals surface area contributed by atoms with Gasteiger partial charge in [-0.3, -0.25) is 8.98 Å². The van der Waals surface area contributed by atoms with E-state index in [4.69, 9.17) is 4.18 Å². The van der Waals surface area contributed by atoms with Crippen molar-refractivity contribution in [1.82, 2.24) is 9.88 Å². The Morgan fingerprint density at radius 1 is 1.30 bits per heavy atom. The number of carbonyl (C=O) groups is 1. The van der Waals surface area contributed by atoms with E-state index >= 15 is 0 Å². The predicted molar refractivity (Wildman–Crippen MR) is 100.0 cm³/mol. The molecule has 1 aromatic heterocycles. The van der Waals surface area contributed by atoms with Gasteiger partial charge in [-0.05, 0) is 25.1 Å². The fraction of sp³-hybridized carbons (Fsp3) is 0.389. The van der Waals surface area contributed by atoms with Crippen LogP contribution in [0.1, 0.15) is 29.9 Å². The van der Waals surface area contributed by atoms with Gasteiger partial charge in [0.25, 0.3) is 5.91 Å². The molecule has 148 valence electrons. The third-order valence-electron chi connectivity index (χ3n) is 3.90. The number of nitrogens with zero attached hydrogens (tertiary/aromatic N) is 1. The second kappa shape index (κ2) is 9.20. The van der Waals surface area contributed by atoms with Crippen LogP contribution in [0.25, 0.3) is 0 Å². The van der Waals surface area contributed by atoms with Gasteiger partial charge in [0.15, 0.2) is 22.7 Å². The molecule has 9 heteroatoms. The smallest absolute Gasteiger partial charge is 0.272 e. The van der Waals surface area contributed by atoms with E-state index < -0.39 is 28.6 Å². The van der Waals surface area contributed by atoms with E-state index in [1.807, 2.05) is 13.8 Å². The molecule has 1 heterocycles.